The van der Waals surface area contributed by atoms with Crippen LogP contribution in [0.5, 0.6) is 0 Å². The van der Waals surface area contributed by atoms with Gasteiger partial charge in [-0.3, -0.25) is 0 Å². The summed E-state index contributed by atoms with van der Waals surface area (Å²) in [5.41, 5.74) is 1.12. The predicted octanol–water partition coefficient (Wildman–Crippen LogP) is 4.15. The van der Waals surface area contributed by atoms with Gasteiger partial charge in [0, 0.05) is 12.2 Å². The van der Waals surface area contributed by atoms with Crippen molar-refractivity contribution in [2.75, 3.05) is 0 Å². The third kappa shape index (κ3) is 3.86. The second-order valence-corrected chi connectivity index (χ2v) is 4.39. The quantitative estimate of drug-likeness (QED) is 0.506. The summed E-state index contributed by atoms with van der Waals surface area (Å²) in [7, 11) is 0. The number of hydrogen-bond donors (Lipinski definition) is 0. The molecule has 0 saturated heterocycles. The predicted molar refractivity (Wildman–Crippen MR) is 65.3 cm³/mol. The van der Waals surface area contributed by atoms with E-state index < -0.39 is 0 Å². The molecule has 2 nitrogen and oxygen atoms in total. The van der Waals surface area contributed by atoms with Crippen LogP contribution in [0.4, 0.5) is 0 Å². The summed E-state index contributed by atoms with van der Waals surface area (Å²) in [6.45, 7) is 4.48. The third-order valence-electron chi connectivity index (χ3n) is 2.83. The van der Waals surface area contributed by atoms with Crippen LogP contribution in [-0.4, -0.2) is 9.55 Å². The molecule has 1 aromatic heterocycles. The van der Waals surface area contributed by atoms with E-state index in [4.69, 9.17) is 11.6 Å². The second-order valence-electron chi connectivity index (χ2n) is 4.12. The topological polar surface area (TPSA) is 17.8 Å². The summed E-state index contributed by atoms with van der Waals surface area (Å²) < 4.78 is 2.19. The van der Waals surface area contributed by atoms with Gasteiger partial charge in [0.25, 0.3) is 0 Å². The second kappa shape index (κ2) is 6.89. The molecule has 86 valence electrons. The first-order valence-electron chi connectivity index (χ1n) is 5.86. The van der Waals surface area contributed by atoms with Crippen LogP contribution >= 0.6 is 11.6 Å². The van der Waals surface area contributed by atoms with E-state index in [2.05, 4.69) is 23.4 Å². The lowest BCUT2D eigenvalue weighted by atomic mass is 10.1. The van der Waals surface area contributed by atoms with Crippen LogP contribution in [0.2, 0.25) is 0 Å². The molecule has 0 aliphatic carbocycles. The minimum absolute atomic E-state index is 0.526. The molecule has 0 aliphatic heterocycles. The van der Waals surface area contributed by atoms with Gasteiger partial charge in [0.1, 0.15) is 0 Å². The van der Waals surface area contributed by atoms with Gasteiger partial charge in [0.05, 0.1) is 17.9 Å². The minimum atomic E-state index is 0.526. The maximum Gasteiger partial charge on any atom is 0.0951 e. The fourth-order valence-electron chi connectivity index (χ4n) is 1.84. The summed E-state index contributed by atoms with van der Waals surface area (Å²) >= 11 is 5.84. The van der Waals surface area contributed by atoms with Crippen LogP contribution in [0.25, 0.3) is 0 Å². The molecule has 1 heterocycles. The first-order valence-corrected chi connectivity index (χ1v) is 6.39. The first-order chi connectivity index (χ1) is 7.29. The Morgan fingerprint density at radius 1 is 1.40 bits per heavy atom. The zero-order valence-electron chi connectivity index (χ0n) is 9.75. The molecule has 0 aliphatic rings. The molecule has 0 saturated carbocycles. The van der Waals surface area contributed by atoms with Gasteiger partial charge in [-0.1, -0.05) is 32.6 Å². The van der Waals surface area contributed by atoms with Crippen LogP contribution in [0.15, 0.2) is 12.5 Å². The molecule has 0 N–H and O–H groups in total. The van der Waals surface area contributed by atoms with Gasteiger partial charge in [0.2, 0.25) is 0 Å². The van der Waals surface area contributed by atoms with E-state index in [9.17, 15) is 0 Å². The van der Waals surface area contributed by atoms with Crippen LogP contribution in [-0.2, 0) is 5.88 Å². The molecule has 1 rings (SSSR count). The highest BCUT2D eigenvalue weighted by molar-refractivity contribution is 6.16. The monoisotopic (exact) mass is 228 g/mol. The zero-order valence-corrected chi connectivity index (χ0v) is 10.5. The summed E-state index contributed by atoms with van der Waals surface area (Å²) in [6, 6.07) is 0.526. The van der Waals surface area contributed by atoms with Gasteiger partial charge >= 0.3 is 0 Å². The SMILES string of the molecule is CCCCCCC(C)n1cncc1CCl. The Hall–Kier alpha value is -0.500. The molecule has 1 unspecified atom stereocenters. The molecule has 15 heavy (non-hydrogen) atoms. The van der Waals surface area contributed by atoms with Crippen molar-refractivity contribution < 1.29 is 0 Å². The Morgan fingerprint density at radius 3 is 2.87 bits per heavy atom. The van der Waals surface area contributed by atoms with Crippen molar-refractivity contribution in [2.24, 2.45) is 0 Å². The van der Waals surface area contributed by atoms with Gasteiger partial charge in [-0.2, -0.15) is 0 Å². The van der Waals surface area contributed by atoms with Crippen molar-refractivity contribution in [2.45, 2.75) is 57.9 Å². The number of aromatic nitrogens is 2. The zero-order chi connectivity index (χ0) is 11.1. The Morgan fingerprint density at radius 2 is 2.20 bits per heavy atom. The van der Waals surface area contributed by atoms with Gasteiger partial charge < -0.3 is 4.57 Å². The highest BCUT2D eigenvalue weighted by Crippen LogP contribution is 2.18. The largest absolute Gasteiger partial charge is 0.331 e. The van der Waals surface area contributed by atoms with E-state index >= 15 is 0 Å². The lowest BCUT2D eigenvalue weighted by molar-refractivity contribution is 0.464. The first kappa shape index (κ1) is 12.6. The van der Waals surface area contributed by atoms with Crippen LogP contribution in [0, 0.1) is 0 Å². The Balaban J connectivity index is 2.36. The molecule has 0 aromatic carbocycles. The molecular weight excluding hydrogens is 208 g/mol. The number of halogens is 1. The molecule has 0 spiro atoms. The van der Waals surface area contributed by atoms with E-state index in [1.807, 2.05) is 12.5 Å². The minimum Gasteiger partial charge on any atom is -0.331 e. The van der Waals surface area contributed by atoms with Gasteiger partial charge in [-0.05, 0) is 13.3 Å². The summed E-state index contributed by atoms with van der Waals surface area (Å²) in [5.74, 6) is 0.555. The molecule has 1 aromatic rings. The Labute approximate surface area is 97.7 Å². The lowest BCUT2D eigenvalue weighted by Gasteiger charge is -2.15. The normalized spacial score (nSPS) is 13.0. The molecule has 0 amide bonds. The maximum absolute atomic E-state index is 5.84. The van der Waals surface area contributed by atoms with Crippen molar-refractivity contribution in [1.82, 2.24) is 9.55 Å². The third-order valence-corrected chi connectivity index (χ3v) is 3.11. The van der Waals surface area contributed by atoms with Crippen molar-refractivity contribution >= 4 is 11.6 Å². The highest BCUT2D eigenvalue weighted by Gasteiger charge is 2.07. The number of rotatable bonds is 7. The van der Waals surface area contributed by atoms with Crippen LogP contribution < -0.4 is 0 Å². The van der Waals surface area contributed by atoms with E-state index in [0.29, 0.717) is 11.9 Å². The Bertz CT molecular complexity index is 270. The average molecular weight is 229 g/mol. The standard InChI is InChI=1S/C12H21ClN2/c1-3-4-5-6-7-11(2)15-10-14-9-12(15)8-13/h9-11H,3-8H2,1-2H3. The fourth-order valence-corrected chi connectivity index (χ4v) is 2.05. The van der Waals surface area contributed by atoms with Crippen LogP contribution in [0.1, 0.15) is 57.7 Å². The van der Waals surface area contributed by atoms with Gasteiger partial charge in [0.15, 0.2) is 0 Å². The molecule has 0 fully saturated rings. The van der Waals surface area contributed by atoms with E-state index in [-0.39, 0.29) is 0 Å². The van der Waals surface area contributed by atoms with Gasteiger partial charge in [-0.25, -0.2) is 4.98 Å². The fraction of sp³-hybridized carbons (Fsp3) is 0.750. The summed E-state index contributed by atoms with van der Waals surface area (Å²) in [5, 5.41) is 0. The number of nitrogens with zero attached hydrogens (tertiary/aromatic N) is 2. The average Bonchev–Trinajstić information content (AvgIpc) is 2.72. The smallest absolute Gasteiger partial charge is 0.0951 e. The summed E-state index contributed by atoms with van der Waals surface area (Å²) in [4.78, 5) is 4.14. The van der Waals surface area contributed by atoms with E-state index in [1.54, 1.807) is 0 Å². The van der Waals surface area contributed by atoms with Gasteiger partial charge in [-0.15, -0.1) is 11.6 Å². The molecular formula is C12H21ClN2. The van der Waals surface area contributed by atoms with Crippen molar-refractivity contribution in [3.05, 3.63) is 18.2 Å². The van der Waals surface area contributed by atoms with Crippen molar-refractivity contribution in [3.63, 3.8) is 0 Å². The summed E-state index contributed by atoms with van der Waals surface area (Å²) in [6.07, 6.45) is 10.3. The van der Waals surface area contributed by atoms with Crippen molar-refractivity contribution in [3.8, 4) is 0 Å². The number of hydrogen-bond acceptors (Lipinski definition) is 1. The van der Waals surface area contributed by atoms with E-state index in [1.165, 1.54) is 32.1 Å². The highest BCUT2D eigenvalue weighted by atomic mass is 35.5. The van der Waals surface area contributed by atoms with Crippen LogP contribution in [0.3, 0.4) is 0 Å². The number of alkyl halides is 1. The molecule has 0 radical (unpaired) electrons. The molecule has 1 atom stereocenters. The lowest BCUT2D eigenvalue weighted by Crippen LogP contribution is -2.06. The molecule has 3 heteroatoms. The van der Waals surface area contributed by atoms with E-state index in [0.717, 1.165) is 5.69 Å². The number of unbranched alkanes of at least 4 members (excludes halogenated alkanes) is 3. The number of imidazole rings is 1. The molecule has 0 bridgehead atoms. The Kier molecular flexibility index (Phi) is 5.77. The van der Waals surface area contributed by atoms with Crippen molar-refractivity contribution in [1.29, 1.82) is 0 Å². The maximum atomic E-state index is 5.84.